The third kappa shape index (κ3) is 7.60. The monoisotopic (exact) mass is 701 g/mol. The summed E-state index contributed by atoms with van der Waals surface area (Å²) in [6, 6.07) is 6.00. The number of halogens is 4. The highest BCUT2D eigenvalue weighted by Gasteiger charge is 2.27. The van der Waals surface area contributed by atoms with E-state index in [0.29, 0.717) is 53.3 Å². The molecule has 1 amide bonds. The van der Waals surface area contributed by atoms with Crippen LogP contribution in [-0.2, 0) is 20.3 Å². The number of unbranched alkanes of at least 4 members (excludes halogenated alkanes) is 3. The Balaban J connectivity index is 1.68. The number of carbonyl (C=O) groups is 2. The second kappa shape index (κ2) is 15.1. The van der Waals surface area contributed by atoms with Crippen LogP contribution in [0.1, 0.15) is 53.6 Å². The molecule has 2 aromatic carbocycles. The van der Waals surface area contributed by atoms with Gasteiger partial charge in [-0.2, -0.15) is 0 Å². The molecular formula is C30H28Cl4NO8P. The van der Waals surface area contributed by atoms with Crippen LogP contribution in [-0.4, -0.2) is 35.3 Å². The van der Waals surface area contributed by atoms with Crippen molar-refractivity contribution in [2.24, 2.45) is 0 Å². The summed E-state index contributed by atoms with van der Waals surface area (Å²) < 4.78 is 21.3. The van der Waals surface area contributed by atoms with Gasteiger partial charge in [0.05, 0.1) is 21.7 Å². The molecule has 2 aromatic rings. The van der Waals surface area contributed by atoms with Crippen molar-refractivity contribution < 1.29 is 33.1 Å². The number of aromatic hydroxyl groups is 1. The van der Waals surface area contributed by atoms with E-state index in [0.717, 1.165) is 12.8 Å². The fourth-order valence-electron chi connectivity index (χ4n) is 4.92. The minimum atomic E-state index is -2.91. The van der Waals surface area contributed by atoms with Gasteiger partial charge in [0.1, 0.15) is 16.4 Å². The van der Waals surface area contributed by atoms with Crippen molar-refractivity contribution in [1.82, 2.24) is 5.32 Å². The Kier molecular flexibility index (Phi) is 11.8. The number of aryl methyl sites for hydroxylation is 2. The molecule has 1 unspecified atom stereocenters. The third-order valence-electron chi connectivity index (χ3n) is 7.16. The molecule has 3 N–H and O–H groups in total. The maximum Gasteiger partial charge on any atom is 0.316 e. The largest absolute Gasteiger partial charge is 0.506 e. The summed E-state index contributed by atoms with van der Waals surface area (Å²) in [4.78, 5) is 46.7. The van der Waals surface area contributed by atoms with Crippen LogP contribution in [0.3, 0.4) is 0 Å². The molecule has 1 heterocycles. The Hall–Kier alpha value is -2.62. The molecule has 0 bridgehead atoms. The van der Waals surface area contributed by atoms with Crippen LogP contribution in [0.5, 0.6) is 5.75 Å². The van der Waals surface area contributed by atoms with Crippen molar-refractivity contribution >= 4 is 77.8 Å². The van der Waals surface area contributed by atoms with E-state index in [2.05, 4.69) is 9.84 Å². The Labute approximate surface area is 273 Å². The molecule has 1 aliphatic carbocycles. The molecular weight excluding hydrogens is 675 g/mol. The van der Waals surface area contributed by atoms with E-state index in [9.17, 15) is 24.1 Å². The predicted molar refractivity (Wildman–Crippen MR) is 173 cm³/mol. The van der Waals surface area contributed by atoms with Crippen molar-refractivity contribution in [3.63, 3.8) is 0 Å². The molecule has 14 heteroatoms. The van der Waals surface area contributed by atoms with Crippen LogP contribution in [0.2, 0.25) is 20.1 Å². The molecule has 4 rings (SSSR count). The standard InChI is InChI=1S/C30H28Cl4NO8P/c1-15-27(38)23(33)13-20-25(18-12-22(32)21(31)11-17(18)14-36)19-10-16(28(39)26(34)30(19)43-29(15)20)6-7-24(37)35-8-4-2-3-5-9-42-44(40)41/h10-14,38,44H,2-9H2,1H3,(H,35,37)(H,40,41). The van der Waals surface area contributed by atoms with E-state index >= 15 is 0 Å². The van der Waals surface area contributed by atoms with Gasteiger partial charge >= 0.3 is 8.25 Å². The molecule has 234 valence electrons. The first-order chi connectivity index (χ1) is 20.9. The first kappa shape index (κ1) is 34.3. The minimum absolute atomic E-state index is 0.0148. The van der Waals surface area contributed by atoms with Crippen molar-refractivity contribution in [3.05, 3.63) is 71.3 Å². The lowest BCUT2D eigenvalue weighted by Crippen LogP contribution is -2.25. The summed E-state index contributed by atoms with van der Waals surface area (Å²) in [6.45, 7) is 2.24. The topological polar surface area (TPSA) is 143 Å². The number of amides is 1. The SMILES string of the molecule is Cc1c(O)c(Cl)cc2c(-c3cc(Cl)c(Cl)cc3C=O)c3cc(CCC(=O)NCCCCCCO[PH](=O)O)c(=O)c(Cl)c-3oc12. The molecule has 44 heavy (non-hydrogen) atoms. The summed E-state index contributed by atoms with van der Waals surface area (Å²) in [7, 11) is -2.91. The van der Waals surface area contributed by atoms with E-state index in [4.69, 9.17) is 55.7 Å². The van der Waals surface area contributed by atoms with Gasteiger partial charge in [0.15, 0.2) is 12.0 Å². The zero-order valence-electron chi connectivity index (χ0n) is 23.4. The summed E-state index contributed by atoms with van der Waals surface area (Å²) in [5, 5.41) is 13.9. The van der Waals surface area contributed by atoms with Gasteiger partial charge in [-0.15, -0.1) is 0 Å². The molecule has 0 fully saturated rings. The summed E-state index contributed by atoms with van der Waals surface area (Å²) in [6.07, 6.45) is 3.67. The number of phenolic OH excluding ortho intramolecular Hbond substituents is 1. The highest BCUT2D eigenvalue weighted by atomic mass is 35.5. The molecule has 0 radical (unpaired) electrons. The first-order valence-corrected chi connectivity index (χ1v) is 16.4. The molecule has 0 saturated carbocycles. The van der Waals surface area contributed by atoms with E-state index in [1.165, 1.54) is 18.2 Å². The fraction of sp³-hybridized carbons (Fsp3) is 0.300. The second-order valence-electron chi connectivity index (χ2n) is 10.1. The molecule has 9 nitrogen and oxygen atoms in total. The molecule has 0 saturated heterocycles. The Morgan fingerprint density at radius 1 is 1.02 bits per heavy atom. The smallest absolute Gasteiger partial charge is 0.316 e. The average Bonchev–Trinajstić information content (AvgIpc) is 2.98. The zero-order valence-corrected chi connectivity index (χ0v) is 27.4. The number of carbonyl (C=O) groups excluding carboxylic acids is 2. The maximum absolute atomic E-state index is 13.3. The Morgan fingerprint density at radius 2 is 1.73 bits per heavy atom. The minimum Gasteiger partial charge on any atom is -0.506 e. The van der Waals surface area contributed by atoms with Gasteiger partial charge < -0.3 is 24.3 Å². The Bertz CT molecular complexity index is 1790. The number of hydrogen-bond donors (Lipinski definition) is 3. The lowest BCUT2D eigenvalue weighted by Gasteiger charge is -2.20. The quantitative estimate of drug-likeness (QED) is 0.0550. The molecule has 0 aromatic heterocycles. The molecule has 1 atom stereocenters. The van der Waals surface area contributed by atoms with Gasteiger partial charge in [-0.3, -0.25) is 18.9 Å². The highest BCUT2D eigenvalue weighted by Crippen LogP contribution is 2.48. The van der Waals surface area contributed by atoms with Crippen LogP contribution < -0.4 is 10.7 Å². The van der Waals surface area contributed by atoms with E-state index in [1.807, 2.05) is 0 Å². The zero-order chi connectivity index (χ0) is 32.1. The predicted octanol–water partition coefficient (Wildman–Crippen LogP) is 8.01. The van der Waals surface area contributed by atoms with E-state index < -0.39 is 13.7 Å². The molecule has 0 spiro atoms. The number of rotatable bonds is 13. The van der Waals surface area contributed by atoms with Crippen LogP contribution in [0.25, 0.3) is 33.4 Å². The van der Waals surface area contributed by atoms with Crippen LogP contribution >= 0.6 is 54.7 Å². The number of phenols is 1. The number of aldehydes is 1. The third-order valence-corrected chi connectivity index (χ3v) is 8.97. The first-order valence-electron chi connectivity index (χ1n) is 13.6. The van der Waals surface area contributed by atoms with Crippen LogP contribution in [0.15, 0.2) is 33.5 Å². The summed E-state index contributed by atoms with van der Waals surface area (Å²) in [5.41, 5.74) is 1.60. The average molecular weight is 703 g/mol. The van der Waals surface area contributed by atoms with Gasteiger partial charge in [0.25, 0.3) is 0 Å². The summed E-state index contributed by atoms with van der Waals surface area (Å²) >= 11 is 25.5. The molecule has 2 aliphatic rings. The Morgan fingerprint density at radius 3 is 2.43 bits per heavy atom. The molecule has 1 aliphatic heterocycles. The number of hydrogen-bond acceptors (Lipinski definition) is 7. The van der Waals surface area contributed by atoms with Crippen molar-refractivity contribution in [1.29, 1.82) is 0 Å². The highest BCUT2D eigenvalue weighted by molar-refractivity contribution is 7.32. The van der Waals surface area contributed by atoms with E-state index in [1.54, 1.807) is 13.0 Å². The lowest BCUT2D eigenvalue weighted by atomic mass is 9.89. The van der Waals surface area contributed by atoms with Crippen molar-refractivity contribution in [2.75, 3.05) is 13.2 Å². The second-order valence-corrected chi connectivity index (χ2v) is 12.5. The number of benzene rings is 3. The maximum atomic E-state index is 13.3. The normalized spacial score (nSPS) is 12.1. The van der Waals surface area contributed by atoms with Gasteiger partial charge in [-0.25, -0.2) is 0 Å². The van der Waals surface area contributed by atoms with Gasteiger partial charge in [0, 0.05) is 46.2 Å². The lowest BCUT2D eigenvalue weighted by molar-refractivity contribution is -0.121. The van der Waals surface area contributed by atoms with Gasteiger partial charge in [-0.1, -0.05) is 59.2 Å². The van der Waals surface area contributed by atoms with Crippen LogP contribution in [0.4, 0.5) is 0 Å². The number of fused-ring (bicyclic) bond motifs is 2. The number of nitrogens with one attached hydrogen (secondary N) is 1. The van der Waals surface area contributed by atoms with Crippen LogP contribution in [0, 0.1) is 6.92 Å². The summed E-state index contributed by atoms with van der Waals surface area (Å²) in [5.74, 6) is -0.442. The van der Waals surface area contributed by atoms with Crippen molar-refractivity contribution in [3.8, 4) is 28.2 Å². The van der Waals surface area contributed by atoms with Gasteiger partial charge in [0.2, 0.25) is 11.3 Å². The van der Waals surface area contributed by atoms with Gasteiger partial charge in [-0.05, 0) is 56.0 Å². The fourth-order valence-corrected chi connectivity index (χ4v) is 6.09. The van der Waals surface area contributed by atoms with E-state index in [-0.39, 0.29) is 73.7 Å². The van der Waals surface area contributed by atoms with Crippen molar-refractivity contribution in [2.45, 2.75) is 45.4 Å².